The van der Waals surface area contributed by atoms with Crippen molar-refractivity contribution in [3.05, 3.63) is 48.5 Å². The van der Waals surface area contributed by atoms with E-state index in [0.717, 1.165) is 6.54 Å². The van der Waals surface area contributed by atoms with Crippen LogP contribution in [0.1, 0.15) is 51.4 Å². The van der Waals surface area contributed by atoms with Gasteiger partial charge in [-0.1, -0.05) is 62.1 Å². The van der Waals surface area contributed by atoms with E-state index in [0.29, 0.717) is 0 Å². The van der Waals surface area contributed by atoms with Crippen molar-refractivity contribution in [2.24, 2.45) is 0 Å². The van der Waals surface area contributed by atoms with Crippen LogP contribution in [0.15, 0.2) is 48.5 Å². The minimum absolute atomic E-state index is 1.14. The molecule has 0 unspecified atom stereocenters. The molecule has 0 bridgehead atoms. The number of hydrogen-bond acceptors (Lipinski definition) is 1. The Morgan fingerprint density at radius 3 is 1.73 bits per heavy atom. The highest BCUT2D eigenvalue weighted by molar-refractivity contribution is 6.07. The van der Waals surface area contributed by atoms with E-state index in [-0.39, 0.29) is 0 Å². The minimum atomic E-state index is 1.14. The van der Waals surface area contributed by atoms with Crippen molar-refractivity contribution in [2.45, 2.75) is 57.9 Å². The summed E-state index contributed by atoms with van der Waals surface area (Å²) >= 11 is 0. The fraction of sp³-hybridized carbons (Fsp3) is 0.500. The molecule has 0 saturated carbocycles. The Kier molecular flexibility index (Phi) is 5.91. The summed E-state index contributed by atoms with van der Waals surface area (Å²) in [4.78, 5) is 2.69. The summed E-state index contributed by atoms with van der Waals surface area (Å²) in [5.74, 6) is 0. The molecule has 1 aliphatic heterocycles. The standard InChI is InChI=1S/C24H32N2/c1-2-10-18-25(17-9-1)19-11-3-4-12-20-26-23-15-7-5-13-21(23)22-14-6-8-16-24(22)26/h5-8,13-16H,1-4,9-12,17-20H2. The summed E-state index contributed by atoms with van der Waals surface area (Å²) in [7, 11) is 0. The average molecular weight is 349 g/mol. The topological polar surface area (TPSA) is 8.17 Å². The van der Waals surface area contributed by atoms with Crippen molar-refractivity contribution in [2.75, 3.05) is 19.6 Å². The number of fused-ring (bicyclic) bond motifs is 3. The molecule has 0 amide bonds. The van der Waals surface area contributed by atoms with Crippen molar-refractivity contribution in [3.63, 3.8) is 0 Å². The van der Waals surface area contributed by atoms with Gasteiger partial charge in [-0.15, -0.1) is 0 Å². The van der Waals surface area contributed by atoms with Crippen molar-refractivity contribution >= 4 is 21.8 Å². The van der Waals surface area contributed by atoms with Crippen LogP contribution in [0.5, 0.6) is 0 Å². The van der Waals surface area contributed by atoms with Gasteiger partial charge < -0.3 is 9.47 Å². The van der Waals surface area contributed by atoms with Gasteiger partial charge in [-0.3, -0.25) is 0 Å². The summed E-state index contributed by atoms with van der Waals surface area (Å²) in [6, 6.07) is 17.7. The Bertz CT molecular complexity index is 771. The molecule has 2 aromatic carbocycles. The molecule has 0 radical (unpaired) electrons. The lowest BCUT2D eigenvalue weighted by atomic mass is 10.2. The Labute approximate surface area is 157 Å². The lowest BCUT2D eigenvalue weighted by Crippen LogP contribution is -2.25. The van der Waals surface area contributed by atoms with Crippen molar-refractivity contribution in [1.29, 1.82) is 0 Å². The molecule has 0 aliphatic carbocycles. The highest BCUT2D eigenvalue weighted by Gasteiger charge is 2.10. The van der Waals surface area contributed by atoms with Crippen LogP contribution < -0.4 is 0 Å². The molecule has 2 nitrogen and oxygen atoms in total. The van der Waals surface area contributed by atoms with Gasteiger partial charge in [0.05, 0.1) is 0 Å². The van der Waals surface area contributed by atoms with Crippen LogP contribution in [0.3, 0.4) is 0 Å². The fourth-order valence-corrected chi connectivity index (χ4v) is 4.56. The second-order valence-electron chi connectivity index (χ2n) is 7.86. The second kappa shape index (κ2) is 8.73. The monoisotopic (exact) mass is 348 g/mol. The first-order valence-corrected chi connectivity index (χ1v) is 10.6. The predicted octanol–water partition coefficient (Wildman–Crippen LogP) is 6.23. The zero-order valence-corrected chi connectivity index (χ0v) is 16.0. The Balaban J connectivity index is 1.30. The predicted molar refractivity (Wildman–Crippen MR) is 113 cm³/mol. The van der Waals surface area contributed by atoms with Gasteiger partial charge in [0.15, 0.2) is 0 Å². The average Bonchev–Trinajstić information content (AvgIpc) is 2.83. The van der Waals surface area contributed by atoms with Gasteiger partial charge in [-0.2, -0.15) is 0 Å². The molecular formula is C24H32N2. The van der Waals surface area contributed by atoms with Gasteiger partial charge in [0.2, 0.25) is 0 Å². The molecule has 1 fully saturated rings. The van der Waals surface area contributed by atoms with Crippen LogP contribution in [-0.4, -0.2) is 29.1 Å². The molecule has 26 heavy (non-hydrogen) atoms. The first kappa shape index (κ1) is 17.6. The lowest BCUT2D eigenvalue weighted by Gasteiger charge is -2.19. The maximum atomic E-state index is 2.69. The van der Waals surface area contributed by atoms with Crippen molar-refractivity contribution < 1.29 is 0 Å². The van der Waals surface area contributed by atoms with Gasteiger partial charge >= 0.3 is 0 Å². The van der Waals surface area contributed by atoms with Crippen LogP contribution in [0, 0.1) is 0 Å². The smallest absolute Gasteiger partial charge is 0.0491 e. The third-order valence-electron chi connectivity index (χ3n) is 5.98. The summed E-state index contributed by atoms with van der Waals surface area (Å²) in [6.45, 7) is 5.12. The normalized spacial score (nSPS) is 16.3. The molecule has 0 N–H and O–H groups in total. The van der Waals surface area contributed by atoms with Crippen molar-refractivity contribution in [3.8, 4) is 0 Å². The summed E-state index contributed by atoms with van der Waals surface area (Å²) in [6.07, 6.45) is 11.1. The van der Waals surface area contributed by atoms with E-state index >= 15 is 0 Å². The van der Waals surface area contributed by atoms with Crippen molar-refractivity contribution in [1.82, 2.24) is 9.47 Å². The lowest BCUT2D eigenvalue weighted by molar-refractivity contribution is 0.277. The molecule has 2 heteroatoms. The molecule has 0 atom stereocenters. The third kappa shape index (κ3) is 3.96. The second-order valence-corrected chi connectivity index (χ2v) is 7.86. The fourth-order valence-electron chi connectivity index (χ4n) is 4.56. The van der Waals surface area contributed by atoms with Crippen LogP contribution in [0.25, 0.3) is 21.8 Å². The maximum Gasteiger partial charge on any atom is 0.0491 e. The molecule has 1 saturated heterocycles. The molecule has 0 spiro atoms. The Morgan fingerprint density at radius 1 is 0.577 bits per heavy atom. The van der Waals surface area contributed by atoms with Gasteiger partial charge in [-0.25, -0.2) is 0 Å². The number of unbranched alkanes of at least 4 members (excludes halogenated alkanes) is 3. The number of para-hydroxylation sites is 2. The Morgan fingerprint density at radius 2 is 1.12 bits per heavy atom. The number of hydrogen-bond donors (Lipinski definition) is 0. The van der Waals surface area contributed by atoms with E-state index in [4.69, 9.17) is 0 Å². The van der Waals surface area contributed by atoms with Crippen LogP contribution in [0.2, 0.25) is 0 Å². The molecule has 1 aliphatic rings. The number of nitrogens with zero attached hydrogens (tertiary/aromatic N) is 2. The van der Waals surface area contributed by atoms with E-state index in [9.17, 15) is 0 Å². The molecule has 4 rings (SSSR count). The highest BCUT2D eigenvalue weighted by Crippen LogP contribution is 2.29. The molecule has 2 heterocycles. The van der Waals surface area contributed by atoms with Crippen LogP contribution in [0.4, 0.5) is 0 Å². The molecule has 3 aromatic rings. The number of aromatic nitrogens is 1. The largest absolute Gasteiger partial charge is 0.340 e. The summed E-state index contributed by atoms with van der Waals surface area (Å²) < 4.78 is 2.53. The first-order valence-electron chi connectivity index (χ1n) is 10.6. The maximum absolute atomic E-state index is 2.69. The van der Waals surface area contributed by atoms with E-state index in [1.165, 1.54) is 92.8 Å². The zero-order chi connectivity index (χ0) is 17.6. The highest BCUT2D eigenvalue weighted by atomic mass is 15.1. The number of likely N-dealkylation sites (tertiary alicyclic amines) is 1. The molecule has 138 valence electrons. The number of aryl methyl sites for hydroxylation is 1. The molecular weight excluding hydrogens is 316 g/mol. The van der Waals surface area contributed by atoms with E-state index < -0.39 is 0 Å². The van der Waals surface area contributed by atoms with Gasteiger partial charge in [-0.05, 0) is 57.5 Å². The van der Waals surface area contributed by atoms with Gasteiger partial charge in [0.1, 0.15) is 0 Å². The SMILES string of the molecule is c1ccc2c(c1)c1ccccc1n2CCCCCCN1CCCCCC1. The van der Waals surface area contributed by atoms with Crippen LogP contribution in [-0.2, 0) is 6.54 Å². The minimum Gasteiger partial charge on any atom is -0.340 e. The van der Waals surface area contributed by atoms with Gasteiger partial charge in [0.25, 0.3) is 0 Å². The third-order valence-corrected chi connectivity index (χ3v) is 5.98. The Hall–Kier alpha value is -1.80. The van der Waals surface area contributed by atoms with Gasteiger partial charge in [0, 0.05) is 28.4 Å². The zero-order valence-electron chi connectivity index (χ0n) is 16.0. The van der Waals surface area contributed by atoms with E-state index in [1.807, 2.05) is 0 Å². The molecule has 1 aromatic heterocycles. The summed E-state index contributed by atoms with van der Waals surface area (Å²) in [5, 5.41) is 2.79. The quantitative estimate of drug-likeness (QED) is 0.459. The van der Waals surface area contributed by atoms with Crippen LogP contribution >= 0.6 is 0 Å². The van der Waals surface area contributed by atoms with E-state index in [1.54, 1.807) is 0 Å². The number of benzene rings is 2. The number of rotatable bonds is 7. The summed E-state index contributed by atoms with van der Waals surface area (Å²) in [5.41, 5.74) is 2.77. The first-order chi connectivity index (χ1) is 12.9. The van der Waals surface area contributed by atoms with E-state index in [2.05, 4.69) is 58.0 Å².